The first kappa shape index (κ1) is 15.7. The number of hydrogen-bond acceptors (Lipinski definition) is 5. The van der Waals surface area contributed by atoms with Crippen molar-refractivity contribution in [3.8, 4) is 5.75 Å². The third-order valence-corrected chi connectivity index (χ3v) is 2.32. The normalized spacial score (nSPS) is 9.75. The molecule has 0 atom stereocenters. The van der Waals surface area contributed by atoms with Crippen molar-refractivity contribution in [2.75, 3.05) is 18.5 Å². The van der Waals surface area contributed by atoms with Crippen LogP contribution in [-0.2, 0) is 14.3 Å². The van der Waals surface area contributed by atoms with Crippen molar-refractivity contribution in [3.63, 3.8) is 0 Å². The average molecular weight is 279 g/mol. The zero-order chi connectivity index (χ0) is 15.1. The Hall–Kier alpha value is -2.37. The summed E-state index contributed by atoms with van der Waals surface area (Å²) in [6.45, 7) is 5.25. The van der Waals surface area contributed by atoms with Crippen molar-refractivity contribution in [2.45, 2.75) is 20.8 Å². The van der Waals surface area contributed by atoms with Crippen molar-refractivity contribution in [2.24, 2.45) is 0 Å². The SMILES string of the molecule is CCOC(=O)C(=O)c1cc(OCC)ccc1NC(C)=O. The van der Waals surface area contributed by atoms with Crippen molar-refractivity contribution in [1.29, 1.82) is 0 Å². The van der Waals surface area contributed by atoms with Crippen LogP contribution >= 0.6 is 0 Å². The number of Topliss-reactive ketones (excluding diaryl/α,β-unsaturated/α-hetero) is 1. The summed E-state index contributed by atoms with van der Waals surface area (Å²) in [6, 6.07) is 4.53. The van der Waals surface area contributed by atoms with Crippen LogP contribution in [0, 0.1) is 0 Å². The van der Waals surface area contributed by atoms with Gasteiger partial charge < -0.3 is 14.8 Å². The van der Waals surface area contributed by atoms with Crippen molar-refractivity contribution in [1.82, 2.24) is 0 Å². The van der Waals surface area contributed by atoms with Crippen LogP contribution in [0.25, 0.3) is 0 Å². The molecule has 0 saturated heterocycles. The molecule has 1 aromatic carbocycles. The Bertz CT molecular complexity index is 524. The molecular formula is C14H17NO5. The number of rotatable bonds is 6. The quantitative estimate of drug-likeness (QED) is 0.487. The van der Waals surface area contributed by atoms with E-state index in [1.807, 2.05) is 0 Å². The summed E-state index contributed by atoms with van der Waals surface area (Å²) >= 11 is 0. The number of ketones is 1. The lowest BCUT2D eigenvalue weighted by Crippen LogP contribution is -2.20. The van der Waals surface area contributed by atoms with Gasteiger partial charge in [0.1, 0.15) is 5.75 Å². The van der Waals surface area contributed by atoms with E-state index < -0.39 is 11.8 Å². The summed E-state index contributed by atoms with van der Waals surface area (Å²) in [5, 5.41) is 2.50. The first-order valence-electron chi connectivity index (χ1n) is 6.25. The summed E-state index contributed by atoms with van der Waals surface area (Å²) < 4.78 is 9.96. The maximum absolute atomic E-state index is 12.0. The second kappa shape index (κ2) is 7.28. The lowest BCUT2D eigenvalue weighted by atomic mass is 10.1. The zero-order valence-electron chi connectivity index (χ0n) is 11.7. The van der Waals surface area contributed by atoms with Gasteiger partial charge in [-0.3, -0.25) is 9.59 Å². The van der Waals surface area contributed by atoms with E-state index in [1.54, 1.807) is 19.9 Å². The highest BCUT2D eigenvalue weighted by Gasteiger charge is 2.22. The molecule has 0 spiro atoms. The largest absolute Gasteiger partial charge is 0.494 e. The first-order valence-corrected chi connectivity index (χ1v) is 6.25. The van der Waals surface area contributed by atoms with E-state index in [9.17, 15) is 14.4 Å². The van der Waals surface area contributed by atoms with E-state index in [-0.39, 0.29) is 23.8 Å². The fourth-order valence-corrected chi connectivity index (χ4v) is 1.57. The van der Waals surface area contributed by atoms with Crippen LogP contribution in [0.3, 0.4) is 0 Å². The van der Waals surface area contributed by atoms with Crippen LogP contribution < -0.4 is 10.1 Å². The highest BCUT2D eigenvalue weighted by Crippen LogP contribution is 2.23. The third kappa shape index (κ3) is 4.08. The summed E-state index contributed by atoms with van der Waals surface area (Å²) in [4.78, 5) is 34.7. The topological polar surface area (TPSA) is 81.7 Å². The van der Waals surface area contributed by atoms with Gasteiger partial charge in [0.05, 0.1) is 24.5 Å². The van der Waals surface area contributed by atoms with Gasteiger partial charge in [-0.1, -0.05) is 0 Å². The van der Waals surface area contributed by atoms with E-state index in [0.29, 0.717) is 12.4 Å². The molecule has 0 unspecified atom stereocenters. The van der Waals surface area contributed by atoms with E-state index in [0.717, 1.165) is 0 Å². The van der Waals surface area contributed by atoms with Gasteiger partial charge in [0.2, 0.25) is 5.91 Å². The van der Waals surface area contributed by atoms with Gasteiger partial charge >= 0.3 is 5.97 Å². The zero-order valence-corrected chi connectivity index (χ0v) is 11.7. The highest BCUT2D eigenvalue weighted by atomic mass is 16.5. The van der Waals surface area contributed by atoms with Gasteiger partial charge in [0.25, 0.3) is 5.78 Å². The van der Waals surface area contributed by atoms with E-state index in [1.165, 1.54) is 19.1 Å². The molecule has 6 nitrogen and oxygen atoms in total. The number of benzene rings is 1. The standard InChI is InChI=1S/C14H17NO5/c1-4-19-10-6-7-12(15-9(3)16)11(8-10)13(17)14(18)20-5-2/h6-8H,4-5H2,1-3H3,(H,15,16). The molecule has 0 saturated carbocycles. The molecule has 0 aromatic heterocycles. The molecule has 0 radical (unpaired) electrons. The lowest BCUT2D eigenvalue weighted by Gasteiger charge is -2.11. The fourth-order valence-electron chi connectivity index (χ4n) is 1.57. The van der Waals surface area contributed by atoms with Crippen LogP contribution in [-0.4, -0.2) is 30.9 Å². The Morgan fingerprint density at radius 1 is 1.15 bits per heavy atom. The maximum Gasteiger partial charge on any atom is 0.379 e. The second-order valence-corrected chi connectivity index (χ2v) is 3.87. The molecule has 0 bridgehead atoms. The molecule has 6 heteroatoms. The molecule has 0 heterocycles. The van der Waals surface area contributed by atoms with E-state index in [4.69, 9.17) is 4.74 Å². The number of nitrogens with one attached hydrogen (secondary N) is 1. The minimum absolute atomic E-state index is 0.0459. The Morgan fingerprint density at radius 3 is 2.40 bits per heavy atom. The first-order chi connectivity index (χ1) is 9.49. The smallest absolute Gasteiger partial charge is 0.379 e. The minimum atomic E-state index is -0.965. The molecular weight excluding hydrogens is 262 g/mol. The van der Waals surface area contributed by atoms with Crippen molar-refractivity contribution < 1.29 is 23.9 Å². The van der Waals surface area contributed by atoms with Gasteiger partial charge in [0.15, 0.2) is 0 Å². The number of carbonyl (C=O) groups excluding carboxylic acids is 3. The van der Waals surface area contributed by atoms with Crippen LogP contribution in [0.15, 0.2) is 18.2 Å². The van der Waals surface area contributed by atoms with Crippen LogP contribution in [0.5, 0.6) is 5.75 Å². The van der Waals surface area contributed by atoms with Gasteiger partial charge in [-0.2, -0.15) is 0 Å². The van der Waals surface area contributed by atoms with Gasteiger partial charge in [-0.25, -0.2) is 4.79 Å². The van der Waals surface area contributed by atoms with E-state index in [2.05, 4.69) is 10.1 Å². The maximum atomic E-state index is 12.0. The Kier molecular flexibility index (Phi) is 5.71. The predicted octanol–water partition coefficient (Wildman–Crippen LogP) is 1.79. The molecule has 20 heavy (non-hydrogen) atoms. The summed E-state index contributed by atoms with van der Waals surface area (Å²) in [5.74, 6) is -1.69. The second-order valence-electron chi connectivity index (χ2n) is 3.87. The lowest BCUT2D eigenvalue weighted by molar-refractivity contribution is -0.137. The van der Waals surface area contributed by atoms with Gasteiger partial charge in [0, 0.05) is 6.92 Å². The molecule has 1 N–H and O–H groups in total. The highest BCUT2D eigenvalue weighted by molar-refractivity contribution is 6.42. The molecule has 108 valence electrons. The predicted molar refractivity (Wildman–Crippen MR) is 72.9 cm³/mol. The summed E-state index contributed by atoms with van der Waals surface area (Å²) in [7, 11) is 0. The number of carbonyl (C=O) groups is 3. The number of ether oxygens (including phenoxy) is 2. The average Bonchev–Trinajstić information content (AvgIpc) is 2.39. The minimum Gasteiger partial charge on any atom is -0.494 e. The summed E-state index contributed by atoms with van der Waals surface area (Å²) in [6.07, 6.45) is 0. The van der Waals surface area contributed by atoms with Gasteiger partial charge in [-0.15, -0.1) is 0 Å². The molecule has 1 aromatic rings. The van der Waals surface area contributed by atoms with E-state index >= 15 is 0 Å². The van der Waals surface area contributed by atoms with Crippen LogP contribution in [0.4, 0.5) is 5.69 Å². The molecule has 1 amide bonds. The Balaban J connectivity index is 3.16. The van der Waals surface area contributed by atoms with Crippen LogP contribution in [0.1, 0.15) is 31.1 Å². The Labute approximate surface area is 117 Å². The van der Waals surface area contributed by atoms with Crippen LogP contribution in [0.2, 0.25) is 0 Å². The number of esters is 1. The third-order valence-electron chi connectivity index (χ3n) is 2.32. The molecule has 1 rings (SSSR count). The fraction of sp³-hybridized carbons (Fsp3) is 0.357. The molecule has 0 aliphatic carbocycles. The number of hydrogen-bond donors (Lipinski definition) is 1. The number of anilines is 1. The molecule has 0 fully saturated rings. The molecule has 0 aliphatic heterocycles. The Morgan fingerprint density at radius 2 is 1.85 bits per heavy atom. The van der Waals surface area contributed by atoms with Crippen molar-refractivity contribution in [3.05, 3.63) is 23.8 Å². The monoisotopic (exact) mass is 279 g/mol. The van der Waals surface area contributed by atoms with Gasteiger partial charge in [-0.05, 0) is 32.0 Å². The molecule has 0 aliphatic rings. The number of amides is 1. The summed E-state index contributed by atoms with van der Waals surface area (Å²) in [5.41, 5.74) is 0.295. The van der Waals surface area contributed by atoms with Crippen molar-refractivity contribution >= 4 is 23.3 Å².